The molecular formula is C25H32N2O5Si. The maximum Gasteiger partial charge on any atom is 0.261 e. The van der Waals surface area contributed by atoms with Gasteiger partial charge in [-0.05, 0) is 24.7 Å². The lowest BCUT2D eigenvalue weighted by atomic mass is 9.82. The molecule has 0 saturated carbocycles. The summed E-state index contributed by atoms with van der Waals surface area (Å²) < 4.78 is 6.50. The average Bonchev–Trinajstić information content (AvgIpc) is 3.22. The van der Waals surface area contributed by atoms with Gasteiger partial charge in [0.15, 0.2) is 13.9 Å². The van der Waals surface area contributed by atoms with Gasteiger partial charge in [0.2, 0.25) is 5.91 Å². The summed E-state index contributed by atoms with van der Waals surface area (Å²) in [7, 11) is -2.81. The SMILES string of the molecule is C[C@H]1[C@H]([Si](C)(C)O)[C@@H](CC(=O)N(CCO)Cc2ccccc2)O[C@]12C(=O)Nc1ccccc12. The molecule has 8 heteroatoms. The summed E-state index contributed by atoms with van der Waals surface area (Å²) in [5, 5.41) is 12.5. The standard InChI is InChI=1S/C25H32N2O5Si/c1-17-23(33(2,3)31)21(32-25(17)19-11-7-8-12-20(19)26-24(25)30)15-22(29)27(13-14-28)16-18-9-5-4-6-10-18/h4-12,17,21,23,28,31H,13-16H2,1-3H3,(H,26,30)/t17-,21+,23-,25+/m0/s1. The first-order valence-corrected chi connectivity index (χ1v) is 14.4. The third kappa shape index (κ3) is 4.24. The topological polar surface area (TPSA) is 99.1 Å². The van der Waals surface area contributed by atoms with Crippen molar-refractivity contribution in [3.05, 3.63) is 65.7 Å². The van der Waals surface area contributed by atoms with Gasteiger partial charge >= 0.3 is 0 Å². The van der Waals surface area contributed by atoms with Crippen molar-refractivity contribution in [3.63, 3.8) is 0 Å². The van der Waals surface area contributed by atoms with Gasteiger partial charge in [0.05, 0.1) is 19.1 Å². The third-order valence-corrected chi connectivity index (χ3v) is 9.46. The quantitative estimate of drug-likeness (QED) is 0.543. The van der Waals surface area contributed by atoms with Crippen LogP contribution in [0.1, 0.15) is 24.5 Å². The molecule has 4 atom stereocenters. The van der Waals surface area contributed by atoms with E-state index in [4.69, 9.17) is 4.74 Å². The second-order valence-electron chi connectivity index (χ2n) is 9.59. The fraction of sp³-hybridized carbons (Fsp3) is 0.440. The lowest BCUT2D eigenvalue weighted by Crippen LogP contribution is -2.44. The second-order valence-corrected chi connectivity index (χ2v) is 13.6. The smallest absolute Gasteiger partial charge is 0.261 e. The number of nitrogens with zero attached hydrogens (tertiary/aromatic N) is 1. The molecule has 2 aromatic rings. The van der Waals surface area contributed by atoms with Crippen LogP contribution in [0.25, 0.3) is 0 Å². The van der Waals surface area contributed by atoms with E-state index >= 15 is 0 Å². The third-order valence-electron chi connectivity index (χ3n) is 6.96. The molecule has 0 radical (unpaired) electrons. The summed E-state index contributed by atoms with van der Waals surface area (Å²) in [5.74, 6) is -0.714. The largest absolute Gasteiger partial charge is 0.432 e. The average molecular weight is 469 g/mol. The van der Waals surface area contributed by atoms with Crippen molar-refractivity contribution in [3.8, 4) is 0 Å². The van der Waals surface area contributed by atoms with E-state index in [1.807, 2.05) is 74.6 Å². The zero-order chi connectivity index (χ0) is 23.8. The highest BCUT2D eigenvalue weighted by Crippen LogP contribution is 2.58. The number of aliphatic hydroxyl groups excluding tert-OH is 1. The summed E-state index contributed by atoms with van der Waals surface area (Å²) in [6.45, 7) is 6.04. The number of fused-ring (bicyclic) bond motifs is 2. The molecule has 1 saturated heterocycles. The van der Waals surface area contributed by atoms with E-state index in [1.165, 1.54) is 0 Å². The first-order valence-electron chi connectivity index (χ1n) is 11.4. The van der Waals surface area contributed by atoms with Crippen LogP contribution < -0.4 is 5.32 Å². The molecule has 2 aliphatic rings. The summed E-state index contributed by atoms with van der Waals surface area (Å²) in [6, 6.07) is 17.1. The van der Waals surface area contributed by atoms with Gasteiger partial charge in [0.25, 0.3) is 5.91 Å². The fourth-order valence-electron chi connectivity index (χ4n) is 5.57. The number of amides is 2. The van der Waals surface area contributed by atoms with Crippen molar-refractivity contribution < 1.29 is 24.2 Å². The molecule has 2 aromatic carbocycles. The Labute approximate surface area is 195 Å². The Bertz CT molecular complexity index is 1020. The molecule has 1 spiro atoms. The predicted octanol–water partition coefficient (Wildman–Crippen LogP) is 2.85. The highest BCUT2D eigenvalue weighted by molar-refractivity contribution is 6.71. The molecule has 4 rings (SSSR count). The number of benzene rings is 2. The van der Waals surface area contributed by atoms with Crippen molar-refractivity contribution in [1.82, 2.24) is 4.90 Å². The Morgan fingerprint density at radius 3 is 2.48 bits per heavy atom. The van der Waals surface area contributed by atoms with Gasteiger partial charge in [-0.25, -0.2) is 0 Å². The number of carbonyl (C=O) groups is 2. The van der Waals surface area contributed by atoms with Gasteiger partial charge in [-0.3, -0.25) is 9.59 Å². The van der Waals surface area contributed by atoms with Crippen molar-refractivity contribution in [2.45, 2.75) is 50.2 Å². The van der Waals surface area contributed by atoms with Crippen LogP contribution in [0, 0.1) is 5.92 Å². The Hall–Kier alpha value is -2.52. The van der Waals surface area contributed by atoms with Crippen LogP contribution in [0.5, 0.6) is 0 Å². The van der Waals surface area contributed by atoms with E-state index in [2.05, 4.69) is 5.32 Å². The van der Waals surface area contributed by atoms with Crippen LogP contribution in [-0.4, -0.2) is 54.2 Å². The molecule has 33 heavy (non-hydrogen) atoms. The number of para-hydroxylation sites is 1. The van der Waals surface area contributed by atoms with Crippen LogP contribution in [0.4, 0.5) is 5.69 Å². The summed E-state index contributed by atoms with van der Waals surface area (Å²) in [6.07, 6.45) is -0.566. The molecule has 7 nitrogen and oxygen atoms in total. The van der Waals surface area contributed by atoms with Crippen LogP contribution in [0.3, 0.4) is 0 Å². The predicted molar refractivity (Wildman–Crippen MR) is 128 cm³/mol. The van der Waals surface area contributed by atoms with E-state index in [1.54, 1.807) is 4.90 Å². The lowest BCUT2D eigenvalue weighted by Gasteiger charge is -2.32. The molecule has 0 bridgehead atoms. The van der Waals surface area contributed by atoms with E-state index in [-0.39, 0.29) is 42.8 Å². The Morgan fingerprint density at radius 1 is 1.15 bits per heavy atom. The fourth-order valence-corrected chi connectivity index (χ4v) is 8.12. The van der Waals surface area contributed by atoms with E-state index in [0.717, 1.165) is 11.1 Å². The number of hydrogen-bond donors (Lipinski definition) is 3. The minimum absolute atomic E-state index is 0.0377. The molecule has 0 unspecified atom stereocenters. The van der Waals surface area contributed by atoms with Crippen LogP contribution in [0.15, 0.2) is 54.6 Å². The first-order chi connectivity index (χ1) is 15.7. The van der Waals surface area contributed by atoms with Gasteiger partial charge in [0.1, 0.15) is 0 Å². The minimum Gasteiger partial charge on any atom is -0.432 e. The number of carbonyl (C=O) groups excluding carboxylic acids is 2. The van der Waals surface area contributed by atoms with Crippen molar-refractivity contribution in [2.24, 2.45) is 5.92 Å². The molecule has 176 valence electrons. The zero-order valence-corrected chi connectivity index (χ0v) is 20.3. The van der Waals surface area contributed by atoms with Gasteiger partial charge < -0.3 is 24.9 Å². The van der Waals surface area contributed by atoms with Crippen molar-refractivity contribution in [2.75, 3.05) is 18.5 Å². The summed E-state index contributed by atoms with van der Waals surface area (Å²) >= 11 is 0. The van der Waals surface area contributed by atoms with Gasteiger partial charge in [-0.1, -0.05) is 55.5 Å². The molecular weight excluding hydrogens is 436 g/mol. The van der Waals surface area contributed by atoms with E-state index in [0.29, 0.717) is 12.2 Å². The van der Waals surface area contributed by atoms with Crippen LogP contribution >= 0.6 is 0 Å². The molecule has 2 aliphatic heterocycles. The Kier molecular flexibility index (Phi) is 6.46. The normalized spacial score (nSPS) is 26.3. The highest BCUT2D eigenvalue weighted by atomic mass is 28.4. The Balaban J connectivity index is 1.63. The monoisotopic (exact) mass is 468 g/mol. The zero-order valence-electron chi connectivity index (χ0n) is 19.3. The number of nitrogens with one attached hydrogen (secondary N) is 1. The molecule has 2 amide bonds. The Morgan fingerprint density at radius 2 is 1.82 bits per heavy atom. The van der Waals surface area contributed by atoms with E-state index < -0.39 is 20.0 Å². The van der Waals surface area contributed by atoms with Crippen LogP contribution in [0.2, 0.25) is 18.6 Å². The number of rotatable bonds is 7. The number of anilines is 1. The number of ether oxygens (including phenoxy) is 1. The number of aliphatic hydroxyl groups is 1. The molecule has 3 N–H and O–H groups in total. The van der Waals surface area contributed by atoms with Crippen molar-refractivity contribution >= 4 is 25.8 Å². The molecule has 1 fully saturated rings. The molecule has 0 aromatic heterocycles. The second kappa shape index (κ2) is 9.02. The van der Waals surface area contributed by atoms with Crippen LogP contribution in [-0.2, 0) is 26.5 Å². The lowest BCUT2D eigenvalue weighted by molar-refractivity contribution is -0.148. The van der Waals surface area contributed by atoms with Gasteiger partial charge in [-0.15, -0.1) is 0 Å². The highest BCUT2D eigenvalue weighted by Gasteiger charge is 2.64. The van der Waals surface area contributed by atoms with E-state index in [9.17, 15) is 19.5 Å². The minimum atomic E-state index is -2.81. The summed E-state index contributed by atoms with van der Waals surface area (Å²) in [5.41, 5.74) is 0.904. The molecule has 2 heterocycles. The maximum atomic E-state index is 13.4. The van der Waals surface area contributed by atoms with Gasteiger partial charge in [0, 0.05) is 35.8 Å². The number of hydrogen-bond acceptors (Lipinski definition) is 5. The first kappa shape index (κ1) is 23.6. The molecule has 0 aliphatic carbocycles. The van der Waals surface area contributed by atoms with Gasteiger partial charge in [-0.2, -0.15) is 0 Å². The summed E-state index contributed by atoms with van der Waals surface area (Å²) in [4.78, 5) is 39.4. The van der Waals surface area contributed by atoms with Crippen molar-refractivity contribution in [1.29, 1.82) is 0 Å². The maximum absolute atomic E-state index is 13.4.